The number of rotatable bonds is 19. The van der Waals surface area contributed by atoms with Crippen LogP contribution in [0, 0.1) is 5.92 Å². The van der Waals surface area contributed by atoms with Gasteiger partial charge in [0.1, 0.15) is 25.3 Å². The predicted molar refractivity (Wildman–Crippen MR) is 199 cm³/mol. The minimum atomic E-state index is -2.09. The third kappa shape index (κ3) is 14.9. The van der Waals surface area contributed by atoms with Crippen LogP contribution in [-0.4, -0.2) is 78.8 Å². The molecule has 0 aliphatic carbocycles. The molecule has 0 fully saturated rings. The van der Waals surface area contributed by atoms with Crippen molar-refractivity contribution >= 4 is 41.8 Å². The Balaban J connectivity index is 2.04. The fourth-order valence-electron chi connectivity index (χ4n) is 5.58. The maximum absolute atomic E-state index is 14.2. The standard InChI is InChI=1S/C41H48N2O13/c1-25(2)22-33(43-41(50)52-23-30-16-10-7-11-17-30)39(48)42-34(24-51-26(3)44)36(53-27(4)45)37(54-28(5)46)38(55-29(6)47)40(49)56-35(31-18-12-8-13-19-31)32-20-14-9-15-21-32/h7-21,25,33-38H,22-24H2,1-6H3,(H,42,48)(H,43,50). The number of carbonyl (C=O) groups is 7. The van der Waals surface area contributed by atoms with Gasteiger partial charge in [0.2, 0.25) is 12.0 Å². The van der Waals surface area contributed by atoms with Gasteiger partial charge in [-0.15, -0.1) is 0 Å². The summed E-state index contributed by atoms with van der Waals surface area (Å²) in [4.78, 5) is 91.0. The lowest BCUT2D eigenvalue weighted by Gasteiger charge is -2.36. The van der Waals surface area contributed by atoms with Crippen LogP contribution in [0.5, 0.6) is 0 Å². The highest BCUT2D eigenvalue weighted by molar-refractivity contribution is 5.86. The van der Waals surface area contributed by atoms with Crippen molar-refractivity contribution in [2.24, 2.45) is 5.92 Å². The van der Waals surface area contributed by atoms with E-state index in [4.69, 9.17) is 28.4 Å². The topological polar surface area (TPSA) is 199 Å². The van der Waals surface area contributed by atoms with Crippen LogP contribution in [0.25, 0.3) is 0 Å². The van der Waals surface area contributed by atoms with Gasteiger partial charge in [-0.25, -0.2) is 9.59 Å². The predicted octanol–water partition coefficient (Wildman–Crippen LogP) is 4.50. The van der Waals surface area contributed by atoms with Crippen molar-refractivity contribution < 1.29 is 62.0 Å². The largest absolute Gasteiger partial charge is 0.464 e. The second-order valence-corrected chi connectivity index (χ2v) is 13.1. The molecule has 3 rings (SSSR count). The maximum atomic E-state index is 14.2. The summed E-state index contributed by atoms with van der Waals surface area (Å²) in [5, 5.41) is 5.14. The van der Waals surface area contributed by atoms with Crippen molar-refractivity contribution in [1.82, 2.24) is 10.6 Å². The Kier molecular flexibility index (Phi) is 17.5. The van der Waals surface area contributed by atoms with E-state index >= 15 is 0 Å². The molecule has 2 amide bonds. The minimum absolute atomic E-state index is 0.0839. The first-order valence-electron chi connectivity index (χ1n) is 17.9. The molecule has 0 bridgehead atoms. The van der Waals surface area contributed by atoms with E-state index in [2.05, 4.69) is 10.6 Å². The molecule has 0 aliphatic rings. The third-order valence-electron chi connectivity index (χ3n) is 7.91. The zero-order valence-corrected chi connectivity index (χ0v) is 32.1. The van der Waals surface area contributed by atoms with E-state index in [1.807, 2.05) is 0 Å². The molecule has 0 saturated heterocycles. The van der Waals surface area contributed by atoms with E-state index in [0.717, 1.165) is 27.7 Å². The Morgan fingerprint density at radius 1 is 0.571 bits per heavy atom. The smallest absolute Gasteiger partial charge is 0.408 e. The lowest BCUT2D eigenvalue weighted by atomic mass is 9.98. The van der Waals surface area contributed by atoms with Crippen LogP contribution < -0.4 is 10.6 Å². The molecule has 300 valence electrons. The third-order valence-corrected chi connectivity index (χ3v) is 7.91. The van der Waals surface area contributed by atoms with Crippen LogP contribution in [0.4, 0.5) is 4.79 Å². The summed E-state index contributed by atoms with van der Waals surface area (Å²) in [6.07, 6.45) is -7.79. The number of ether oxygens (including phenoxy) is 6. The van der Waals surface area contributed by atoms with Crippen molar-refractivity contribution in [2.45, 2.75) is 91.1 Å². The average Bonchev–Trinajstić information content (AvgIpc) is 3.15. The first kappa shape index (κ1) is 44.1. The molecular formula is C41H48N2O13. The van der Waals surface area contributed by atoms with Gasteiger partial charge in [0.05, 0.1) is 0 Å². The van der Waals surface area contributed by atoms with E-state index in [1.165, 1.54) is 0 Å². The average molecular weight is 777 g/mol. The number of benzene rings is 3. The summed E-state index contributed by atoms with van der Waals surface area (Å²) >= 11 is 0. The Morgan fingerprint density at radius 2 is 1.07 bits per heavy atom. The van der Waals surface area contributed by atoms with Gasteiger partial charge in [-0.2, -0.15) is 0 Å². The van der Waals surface area contributed by atoms with Gasteiger partial charge >= 0.3 is 35.9 Å². The molecule has 56 heavy (non-hydrogen) atoms. The number of alkyl carbamates (subject to hydrolysis) is 1. The number of esters is 5. The van der Waals surface area contributed by atoms with Crippen LogP contribution in [-0.2, 0) is 63.8 Å². The molecule has 3 aromatic carbocycles. The molecule has 0 heterocycles. The summed E-state index contributed by atoms with van der Waals surface area (Å²) in [7, 11) is 0. The van der Waals surface area contributed by atoms with Gasteiger partial charge < -0.3 is 39.1 Å². The van der Waals surface area contributed by atoms with E-state index in [9.17, 15) is 33.6 Å². The second-order valence-electron chi connectivity index (χ2n) is 13.1. The number of nitrogens with one attached hydrogen (secondary N) is 2. The van der Waals surface area contributed by atoms with Gasteiger partial charge in [-0.05, 0) is 29.0 Å². The number of hydrogen-bond donors (Lipinski definition) is 2. The quantitative estimate of drug-likeness (QED) is 0.128. The first-order valence-corrected chi connectivity index (χ1v) is 17.9. The van der Waals surface area contributed by atoms with Crippen LogP contribution in [0.2, 0.25) is 0 Å². The molecule has 0 aliphatic heterocycles. The summed E-state index contributed by atoms with van der Waals surface area (Å²) in [6, 6.07) is 23.3. The molecule has 0 saturated carbocycles. The summed E-state index contributed by atoms with van der Waals surface area (Å²) in [5.41, 5.74) is 1.79. The normalized spacial score (nSPS) is 13.5. The minimum Gasteiger partial charge on any atom is -0.464 e. The van der Waals surface area contributed by atoms with Crippen LogP contribution in [0.15, 0.2) is 91.0 Å². The molecule has 0 spiro atoms. The zero-order chi connectivity index (χ0) is 41.2. The Labute approximate surface area is 325 Å². The highest BCUT2D eigenvalue weighted by atomic mass is 16.6. The molecule has 5 atom stereocenters. The number of hydrogen-bond acceptors (Lipinski definition) is 13. The van der Waals surface area contributed by atoms with E-state index in [0.29, 0.717) is 16.7 Å². The fraction of sp³-hybridized carbons (Fsp3) is 0.390. The molecule has 3 aromatic rings. The van der Waals surface area contributed by atoms with Crippen molar-refractivity contribution in [1.29, 1.82) is 0 Å². The summed E-state index contributed by atoms with van der Waals surface area (Å²) in [6.45, 7) is 6.92. The van der Waals surface area contributed by atoms with Gasteiger partial charge in [0.25, 0.3) is 0 Å². The molecule has 15 nitrogen and oxygen atoms in total. The Morgan fingerprint density at radius 3 is 1.55 bits per heavy atom. The maximum Gasteiger partial charge on any atom is 0.408 e. The highest BCUT2D eigenvalue weighted by Crippen LogP contribution is 2.28. The van der Waals surface area contributed by atoms with Gasteiger partial charge in [-0.1, -0.05) is 105 Å². The van der Waals surface area contributed by atoms with Crippen LogP contribution >= 0.6 is 0 Å². The van der Waals surface area contributed by atoms with Crippen molar-refractivity contribution in [2.75, 3.05) is 6.61 Å². The molecule has 5 unspecified atom stereocenters. The SMILES string of the molecule is CC(=O)OCC(NC(=O)C(CC(C)C)NC(=O)OCc1ccccc1)C(OC(C)=O)C(OC(C)=O)C(OC(C)=O)C(=O)OC(c1ccccc1)c1ccccc1. The lowest BCUT2D eigenvalue weighted by molar-refractivity contribution is -0.198. The fourth-order valence-corrected chi connectivity index (χ4v) is 5.58. The van der Waals surface area contributed by atoms with Gasteiger partial charge in [0, 0.05) is 27.7 Å². The Hall–Kier alpha value is -6.25. The van der Waals surface area contributed by atoms with Crippen molar-refractivity contribution in [3.8, 4) is 0 Å². The van der Waals surface area contributed by atoms with Gasteiger partial charge in [0.15, 0.2) is 18.3 Å². The first-order chi connectivity index (χ1) is 26.6. The molecule has 0 radical (unpaired) electrons. The summed E-state index contributed by atoms with van der Waals surface area (Å²) < 4.78 is 33.1. The number of amides is 2. The van der Waals surface area contributed by atoms with E-state index in [-0.39, 0.29) is 18.9 Å². The van der Waals surface area contributed by atoms with Crippen molar-refractivity contribution in [3.63, 3.8) is 0 Å². The van der Waals surface area contributed by atoms with E-state index < -0.39 is 85.0 Å². The molecule has 15 heteroatoms. The summed E-state index contributed by atoms with van der Waals surface area (Å²) in [5.74, 6) is -5.98. The van der Waals surface area contributed by atoms with Crippen molar-refractivity contribution in [3.05, 3.63) is 108 Å². The zero-order valence-electron chi connectivity index (χ0n) is 32.1. The molecular weight excluding hydrogens is 728 g/mol. The number of carbonyl (C=O) groups excluding carboxylic acids is 7. The van der Waals surface area contributed by atoms with E-state index in [1.54, 1.807) is 105 Å². The van der Waals surface area contributed by atoms with Crippen LogP contribution in [0.1, 0.15) is 70.8 Å². The lowest BCUT2D eigenvalue weighted by Crippen LogP contribution is -2.61. The second kappa shape index (κ2) is 22.2. The Bertz CT molecular complexity index is 1730. The van der Waals surface area contributed by atoms with Crippen LogP contribution in [0.3, 0.4) is 0 Å². The van der Waals surface area contributed by atoms with Gasteiger partial charge in [-0.3, -0.25) is 24.0 Å². The molecule has 0 aromatic heterocycles. The highest BCUT2D eigenvalue weighted by Gasteiger charge is 2.48. The molecule has 2 N–H and O–H groups in total. The monoisotopic (exact) mass is 776 g/mol.